The summed E-state index contributed by atoms with van der Waals surface area (Å²) in [7, 11) is 0. The molecule has 0 aliphatic rings. The predicted molar refractivity (Wildman–Crippen MR) is 82.2 cm³/mol. The van der Waals surface area contributed by atoms with E-state index in [0.717, 1.165) is 13.2 Å². The number of carbonyl (C=O) groups excluding carboxylic acids is 1. The van der Waals surface area contributed by atoms with Crippen molar-refractivity contribution in [1.29, 1.82) is 0 Å². The van der Waals surface area contributed by atoms with Crippen molar-refractivity contribution < 1.29 is 14.3 Å². The largest absolute Gasteiger partial charge is 0.404 e. The highest BCUT2D eigenvalue weighted by atomic mass is 16.5. The number of esters is 1. The normalized spacial score (nSPS) is 9.43. The Balaban J connectivity index is 0.000000383. The van der Waals surface area contributed by atoms with Crippen LogP contribution in [0.15, 0.2) is 48.7 Å². The number of benzene rings is 1. The molecule has 2 rings (SSSR count). The molecule has 1 aromatic carbocycles. The van der Waals surface area contributed by atoms with E-state index < -0.39 is 5.97 Å². The van der Waals surface area contributed by atoms with Crippen molar-refractivity contribution in [1.82, 2.24) is 4.98 Å². The number of rotatable bonds is 4. The van der Waals surface area contributed by atoms with Crippen LogP contribution in [0, 0.1) is 0 Å². The molecule has 2 aromatic rings. The van der Waals surface area contributed by atoms with Crippen LogP contribution in [0.3, 0.4) is 0 Å². The summed E-state index contributed by atoms with van der Waals surface area (Å²) in [5.74, 6) is -0.243. The molecule has 21 heavy (non-hydrogen) atoms. The van der Waals surface area contributed by atoms with Gasteiger partial charge in [0.05, 0.1) is 5.56 Å². The van der Waals surface area contributed by atoms with Crippen LogP contribution < -0.4 is 10.5 Å². The summed E-state index contributed by atoms with van der Waals surface area (Å²) in [6, 6.07) is 11.8. The number of aromatic nitrogens is 1. The average Bonchev–Trinajstić information content (AvgIpc) is 2.50. The Labute approximate surface area is 124 Å². The van der Waals surface area contributed by atoms with Crippen LogP contribution in [0.25, 0.3) is 0 Å². The Morgan fingerprint density at radius 1 is 1.10 bits per heavy atom. The van der Waals surface area contributed by atoms with E-state index in [4.69, 9.17) is 15.2 Å². The van der Waals surface area contributed by atoms with Crippen molar-refractivity contribution in [2.24, 2.45) is 0 Å². The molecule has 0 fully saturated rings. The molecule has 0 spiro atoms. The lowest BCUT2D eigenvalue weighted by atomic mass is 10.2. The van der Waals surface area contributed by atoms with Crippen molar-refractivity contribution in [2.45, 2.75) is 13.8 Å². The SMILES string of the molecule is CCOCC.Nc1ccccc1C(=O)Oc1ccccn1. The molecule has 1 aromatic heterocycles. The van der Waals surface area contributed by atoms with Crippen LogP contribution in [-0.4, -0.2) is 24.2 Å². The van der Waals surface area contributed by atoms with Gasteiger partial charge >= 0.3 is 5.97 Å². The molecular formula is C16H20N2O3. The van der Waals surface area contributed by atoms with Crippen molar-refractivity contribution in [2.75, 3.05) is 18.9 Å². The lowest BCUT2D eigenvalue weighted by Crippen LogP contribution is -2.11. The zero-order chi connectivity index (χ0) is 15.5. The molecule has 0 unspecified atom stereocenters. The van der Waals surface area contributed by atoms with Crippen molar-refractivity contribution in [3.63, 3.8) is 0 Å². The molecule has 0 saturated heterocycles. The van der Waals surface area contributed by atoms with E-state index in [2.05, 4.69) is 4.98 Å². The fourth-order valence-corrected chi connectivity index (χ4v) is 1.44. The van der Waals surface area contributed by atoms with Crippen LogP contribution in [0.4, 0.5) is 5.69 Å². The third kappa shape index (κ3) is 6.05. The summed E-state index contributed by atoms with van der Waals surface area (Å²) >= 11 is 0. The molecule has 0 atom stereocenters. The van der Waals surface area contributed by atoms with Gasteiger partial charge in [0.25, 0.3) is 0 Å². The lowest BCUT2D eigenvalue weighted by Gasteiger charge is -2.04. The van der Waals surface area contributed by atoms with Gasteiger partial charge in [-0.3, -0.25) is 0 Å². The van der Waals surface area contributed by atoms with E-state index in [1.165, 1.54) is 0 Å². The molecule has 5 nitrogen and oxygen atoms in total. The molecule has 0 amide bonds. The molecule has 2 N–H and O–H groups in total. The van der Waals surface area contributed by atoms with E-state index in [-0.39, 0.29) is 5.88 Å². The molecule has 0 aliphatic heterocycles. The van der Waals surface area contributed by atoms with E-state index in [9.17, 15) is 4.79 Å². The van der Waals surface area contributed by atoms with Crippen molar-refractivity contribution in [3.8, 4) is 5.88 Å². The number of carbonyl (C=O) groups is 1. The first kappa shape index (κ1) is 16.7. The Kier molecular flexibility index (Phi) is 7.53. The standard InChI is InChI=1S/C12H10N2O2.C4H10O/c13-10-6-2-1-5-9(10)12(15)16-11-7-3-4-8-14-11;1-3-5-4-2/h1-8H,13H2;3-4H2,1-2H3. The van der Waals surface area contributed by atoms with E-state index >= 15 is 0 Å². The first-order chi connectivity index (χ1) is 10.2. The van der Waals surface area contributed by atoms with Crippen molar-refractivity contribution >= 4 is 11.7 Å². The maximum atomic E-state index is 11.7. The van der Waals surface area contributed by atoms with Crippen LogP contribution in [-0.2, 0) is 4.74 Å². The number of nitrogens with zero attached hydrogens (tertiary/aromatic N) is 1. The van der Waals surface area contributed by atoms with Crippen LogP contribution in [0.1, 0.15) is 24.2 Å². The zero-order valence-corrected chi connectivity index (χ0v) is 12.3. The number of nitrogen functional groups attached to an aromatic ring is 1. The van der Waals surface area contributed by atoms with Crippen molar-refractivity contribution in [3.05, 3.63) is 54.2 Å². The first-order valence-corrected chi connectivity index (χ1v) is 6.74. The van der Waals surface area contributed by atoms with Gasteiger partial charge in [-0.1, -0.05) is 18.2 Å². The summed E-state index contributed by atoms with van der Waals surface area (Å²) in [6.07, 6.45) is 1.55. The maximum Gasteiger partial charge on any atom is 0.346 e. The van der Waals surface area contributed by atoms with Crippen LogP contribution in [0.5, 0.6) is 5.88 Å². The van der Waals surface area contributed by atoms with Gasteiger partial charge in [-0.25, -0.2) is 9.78 Å². The zero-order valence-electron chi connectivity index (χ0n) is 12.3. The molecule has 0 aliphatic carbocycles. The molecule has 0 saturated carbocycles. The second kappa shape index (κ2) is 9.50. The number of para-hydroxylation sites is 1. The third-order valence-electron chi connectivity index (χ3n) is 2.42. The summed E-state index contributed by atoms with van der Waals surface area (Å²) < 4.78 is 9.88. The Hall–Kier alpha value is -2.40. The van der Waals surface area contributed by atoms with Gasteiger partial charge in [-0.15, -0.1) is 0 Å². The van der Waals surface area contributed by atoms with Gasteiger partial charge in [0.2, 0.25) is 5.88 Å². The average molecular weight is 288 g/mol. The first-order valence-electron chi connectivity index (χ1n) is 6.74. The lowest BCUT2D eigenvalue weighted by molar-refractivity contribution is 0.0728. The maximum absolute atomic E-state index is 11.7. The number of hydrogen-bond acceptors (Lipinski definition) is 5. The van der Waals surface area contributed by atoms with Crippen LogP contribution in [0.2, 0.25) is 0 Å². The smallest absolute Gasteiger partial charge is 0.346 e. The van der Waals surface area contributed by atoms with Gasteiger partial charge in [-0.05, 0) is 32.0 Å². The fraction of sp³-hybridized carbons (Fsp3) is 0.250. The summed E-state index contributed by atoms with van der Waals surface area (Å²) in [6.45, 7) is 5.67. The second-order valence-electron chi connectivity index (χ2n) is 3.93. The highest BCUT2D eigenvalue weighted by Gasteiger charge is 2.11. The minimum absolute atomic E-state index is 0.260. The van der Waals surface area contributed by atoms with Crippen LogP contribution >= 0.6 is 0 Å². The number of hydrogen-bond donors (Lipinski definition) is 1. The Morgan fingerprint density at radius 3 is 2.29 bits per heavy atom. The predicted octanol–water partition coefficient (Wildman–Crippen LogP) is 2.93. The third-order valence-corrected chi connectivity index (χ3v) is 2.42. The van der Waals surface area contributed by atoms with Gasteiger partial charge in [0.15, 0.2) is 0 Å². The number of anilines is 1. The molecule has 112 valence electrons. The number of nitrogens with two attached hydrogens (primary N) is 1. The second-order valence-corrected chi connectivity index (χ2v) is 3.93. The Morgan fingerprint density at radius 2 is 1.76 bits per heavy atom. The van der Waals surface area contributed by atoms with Gasteiger partial charge in [-0.2, -0.15) is 0 Å². The molecular weight excluding hydrogens is 268 g/mol. The summed E-state index contributed by atoms with van der Waals surface area (Å²) in [5.41, 5.74) is 6.39. The van der Waals surface area contributed by atoms with E-state index in [1.54, 1.807) is 48.7 Å². The van der Waals surface area contributed by atoms with Gasteiger partial charge in [0.1, 0.15) is 0 Å². The number of ether oxygens (including phenoxy) is 2. The van der Waals surface area contributed by atoms with Gasteiger partial charge in [0, 0.05) is 31.2 Å². The quantitative estimate of drug-likeness (QED) is 0.691. The van der Waals surface area contributed by atoms with E-state index in [1.807, 2.05) is 13.8 Å². The summed E-state index contributed by atoms with van der Waals surface area (Å²) in [4.78, 5) is 15.6. The number of pyridine rings is 1. The monoisotopic (exact) mass is 288 g/mol. The highest BCUT2D eigenvalue weighted by molar-refractivity contribution is 5.96. The molecule has 0 radical (unpaired) electrons. The highest BCUT2D eigenvalue weighted by Crippen LogP contribution is 2.13. The van der Waals surface area contributed by atoms with E-state index in [0.29, 0.717) is 11.3 Å². The molecule has 5 heteroatoms. The fourth-order valence-electron chi connectivity index (χ4n) is 1.44. The minimum Gasteiger partial charge on any atom is -0.404 e. The minimum atomic E-state index is -0.503. The Bertz CT molecular complexity index is 542. The molecule has 0 bridgehead atoms. The van der Waals surface area contributed by atoms with Gasteiger partial charge < -0.3 is 15.2 Å². The summed E-state index contributed by atoms with van der Waals surface area (Å²) in [5, 5.41) is 0. The molecule has 1 heterocycles. The topological polar surface area (TPSA) is 74.4 Å².